The number of nitrogens with two attached hydrogens (primary N) is 1. The molecule has 1 unspecified atom stereocenters. The van der Waals surface area contributed by atoms with Crippen LogP contribution in [0.2, 0.25) is 0 Å². The van der Waals surface area contributed by atoms with Gasteiger partial charge in [-0.1, -0.05) is 27.7 Å². The lowest BCUT2D eigenvalue weighted by molar-refractivity contribution is -0.125. The number of nitrogens with one attached hydrogen (secondary N) is 1. The van der Waals surface area contributed by atoms with Gasteiger partial charge >= 0.3 is 0 Å². The van der Waals surface area contributed by atoms with E-state index in [1.807, 2.05) is 19.9 Å². The number of aromatic nitrogens is 2. The number of H-pyrrole nitrogens is 1. The maximum Gasteiger partial charge on any atom is 0.207 e. The average molecular weight is 234 g/mol. The molecule has 1 aromatic rings. The van der Waals surface area contributed by atoms with Gasteiger partial charge in [-0.05, 0) is 12.0 Å². The molecule has 0 fully saturated rings. The van der Waals surface area contributed by atoms with Crippen LogP contribution in [0, 0.1) is 17.2 Å². The lowest BCUT2D eigenvalue weighted by Crippen LogP contribution is -2.46. The topological polar surface area (TPSA) is 95.6 Å². The van der Waals surface area contributed by atoms with Crippen molar-refractivity contribution in [3.63, 3.8) is 0 Å². The Balaban J connectivity index is 3.18. The number of hydrogen-bond donors (Lipinski definition) is 2. The number of rotatable bonds is 4. The first kappa shape index (κ1) is 13.4. The summed E-state index contributed by atoms with van der Waals surface area (Å²) in [4.78, 5) is 12.0. The first-order valence-electron chi connectivity index (χ1n) is 5.63. The van der Waals surface area contributed by atoms with Gasteiger partial charge in [0.15, 0.2) is 5.78 Å². The highest BCUT2D eigenvalue weighted by molar-refractivity contribution is 5.93. The summed E-state index contributed by atoms with van der Waals surface area (Å²) >= 11 is 0. The fraction of sp³-hybridized carbons (Fsp3) is 0.583. The van der Waals surface area contributed by atoms with Gasteiger partial charge in [0, 0.05) is 11.6 Å². The standard InChI is InChI=1S/C12H18N4O/c1-7(2)9-5-10(16-15-9)12(14,6-13)11(17)8(3)4/h5,7-8H,14H2,1-4H3,(H,15,16). The van der Waals surface area contributed by atoms with Gasteiger partial charge in [-0.25, -0.2) is 0 Å². The molecule has 17 heavy (non-hydrogen) atoms. The van der Waals surface area contributed by atoms with E-state index in [1.54, 1.807) is 19.9 Å². The third-order valence-electron chi connectivity index (χ3n) is 2.71. The highest BCUT2D eigenvalue weighted by Crippen LogP contribution is 2.23. The van der Waals surface area contributed by atoms with Crippen LogP contribution in [-0.2, 0) is 10.3 Å². The van der Waals surface area contributed by atoms with E-state index in [0.717, 1.165) is 5.69 Å². The molecule has 3 N–H and O–H groups in total. The molecular weight excluding hydrogens is 216 g/mol. The van der Waals surface area contributed by atoms with Crippen molar-refractivity contribution in [2.75, 3.05) is 0 Å². The second kappa shape index (κ2) is 4.68. The second-order valence-corrected chi connectivity index (χ2v) is 4.80. The molecule has 1 aromatic heterocycles. The average Bonchev–Trinajstić information content (AvgIpc) is 2.76. The second-order valence-electron chi connectivity index (χ2n) is 4.80. The lowest BCUT2D eigenvalue weighted by Gasteiger charge is -2.19. The highest BCUT2D eigenvalue weighted by Gasteiger charge is 2.40. The molecule has 0 aliphatic rings. The van der Waals surface area contributed by atoms with Crippen LogP contribution in [0.5, 0.6) is 0 Å². The van der Waals surface area contributed by atoms with E-state index in [4.69, 9.17) is 11.0 Å². The molecule has 1 heterocycles. The third-order valence-corrected chi connectivity index (χ3v) is 2.71. The van der Waals surface area contributed by atoms with Crippen molar-refractivity contribution < 1.29 is 4.79 Å². The van der Waals surface area contributed by atoms with Gasteiger partial charge in [0.05, 0.1) is 6.07 Å². The number of Topliss-reactive ketones (excluding diaryl/α,β-unsaturated/α-hetero) is 1. The molecule has 0 aliphatic carbocycles. The number of ketones is 1. The maximum atomic E-state index is 12.0. The molecule has 0 radical (unpaired) electrons. The SMILES string of the molecule is CC(C)C(=O)C(N)(C#N)c1cc(C(C)C)[nH]n1. The largest absolute Gasteiger partial charge is 0.302 e. The summed E-state index contributed by atoms with van der Waals surface area (Å²) in [7, 11) is 0. The fourth-order valence-electron chi connectivity index (χ4n) is 1.53. The summed E-state index contributed by atoms with van der Waals surface area (Å²) in [5.41, 5.74) is 5.38. The number of nitrogens with zero attached hydrogens (tertiary/aromatic N) is 2. The smallest absolute Gasteiger partial charge is 0.207 e. The Morgan fingerprint density at radius 3 is 2.47 bits per heavy atom. The summed E-state index contributed by atoms with van der Waals surface area (Å²) in [6.45, 7) is 7.42. The minimum atomic E-state index is -1.65. The van der Waals surface area contributed by atoms with E-state index in [1.165, 1.54) is 0 Å². The minimum absolute atomic E-state index is 0.244. The van der Waals surface area contributed by atoms with Gasteiger partial charge in [-0.3, -0.25) is 9.89 Å². The van der Waals surface area contributed by atoms with Gasteiger partial charge in [-0.15, -0.1) is 0 Å². The summed E-state index contributed by atoms with van der Waals surface area (Å²) in [5.74, 6) is -0.381. The number of carbonyl (C=O) groups is 1. The predicted molar refractivity (Wildman–Crippen MR) is 64.0 cm³/mol. The molecule has 0 spiro atoms. The van der Waals surface area contributed by atoms with E-state index in [2.05, 4.69) is 10.2 Å². The fourth-order valence-corrected chi connectivity index (χ4v) is 1.53. The zero-order valence-corrected chi connectivity index (χ0v) is 10.6. The lowest BCUT2D eigenvalue weighted by atomic mass is 9.86. The Kier molecular flexibility index (Phi) is 3.69. The Morgan fingerprint density at radius 1 is 1.53 bits per heavy atom. The quantitative estimate of drug-likeness (QED) is 0.823. The van der Waals surface area contributed by atoms with Crippen LogP contribution in [0.1, 0.15) is 45.0 Å². The summed E-state index contributed by atoms with van der Waals surface area (Å²) in [6.07, 6.45) is 0. The van der Waals surface area contributed by atoms with Crippen LogP contribution in [0.25, 0.3) is 0 Å². The molecule has 1 rings (SSSR count). The monoisotopic (exact) mass is 234 g/mol. The molecule has 5 heteroatoms. The Morgan fingerprint density at radius 2 is 2.12 bits per heavy atom. The van der Waals surface area contributed by atoms with Crippen molar-refractivity contribution in [1.29, 1.82) is 5.26 Å². The van der Waals surface area contributed by atoms with Crippen molar-refractivity contribution in [1.82, 2.24) is 10.2 Å². The van der Waals surface area contributed by atoms with Crippen molar-refractivity contribution in [2.45, 2.75) is 39.2 Å². The van der Waals surface area contributed by atoms with Gasteiger partial charge in [0.1, 0.15) is 5.69 Å². The van der Waals surface area contributed by atoms with Crippen molar-refractivity contribution >= 4 is 5.78 Å². The molecule has 0 amide bonds. The summed E-state index contributed by atoms with van der Waals surface area (Å²) in [6, 6.07) is 3.56. The summed E-state index contributed by atoms with van der Waals surface area (Å²) in [5, 5.41) is 16.0. The number of aromatic amines is 1. The first-order chi connectivity index (χ1) is 7.82. The number of hydrogen-bond acceptors (Lipinski definition) is 4. The van der Waals surface area contributed by atoms with Crippen LogP contribution < -0.4 is 5.73 Å². The van der Waals surface area contributed by atoms with Crippen LogP contribution in [0.15, 0.2) is 6.07 Å². The highest BCUT2D eigenvalue weighted by atomic mass is 16.1. The molecule has 0 aliphatic heterocycles. The van der Waals surface area contributed by atoms with Crippen LogP contribution in [0.3, 0.4) is 0 Å². The zero-order valence-electron chi connectivity index (χ0n) is 10.6. The van der Waals surface area contributed by atoms with E-state index in [9.17, 15) is 4.79 Å². The maximum absolute atomic E-state index is 12.0. The van der Waals surface area contributed by atoms with Gasteiger partial charge in [0.25, 0.3) is 0 Å². The van der Waals surface area contributed by atoms with Gasteiger partial charge in [-0.2, -0.15) is 10.4 Å². The Labute approximate surface area is 101 Å². The summed E-state index contributed by atoms with van der Waals surface area (Å²) < 4.78 is 0. The van der Waals surface area contributed by atoms with Crippen molar-refractivity contribution in [2.24, 2.45) is 11.7 Å². The molecule has 0 bridgehead atoms. The van der Waals surface area contributed by atoms with E-state index in [0.29, 0.717) is 5.69 Å². The minimum Gasteiger partial charge on any atom is -0.302 e. The van der Waals surface area contributed by atoms with Crippen molar-refractivity contribution in [3.8, 4) is 6.07 Å². The number of carbonyl (C=O) groups excluding carboxylic acids is 1. The predicted octanol–water partition coefficient (Wildman–Crippen LogP) is 1.44. The molecular formula is C12H18N4O. The first-order valence-corrected chi connectivity index (χ1v) is 5.63. The number of nitriles is 1. The van der Waals surface area contributed by atoms with Crippen LogP contribution >= 0.6 is 0 Å². The van der Waals surface area contributed by atoms with Crippen molar-refractivity contribution in [3.05, 3.63) is 17.5 Å². The molecule has 5 nitrogen and oxygen atoms in total. The van der Waals surface area contributed by atoms with Crippen LogP contribution in [-0.4, -0.2) is 16.0 Å². The molecule has 92 valence electrons. The van der Waals surface area contributed by atoms with Gasteiger partial charge < -0.3 is 5.73 Å². The van der Waals surface area contributed by atoms with E-state index in [-0.39, 0.29) is 17.6 Å². The molecule has 1 atom stereocenters. The van der Waals surface area contributed by atoms with Crippen LogP contribution in [0.4, 0.5) is 0 Å². The van der Waals surface area contributed by atoms with E-state index < -0.39 is 5.54 Å². The normalized spacial score (nSPS) is 14.7. The Hall–Kier alpha value is -1.67. The molecule has 0 aromatic carbocycles. The molecule has 0 saturated carbocycles. The Bertz CT molecular complexity index is 455. The molecule has 0 saturated heterocycles. The zero-order chi connectivity index (χ0) is 13.2. The third kappa shape index (κ3) is 2.37. The van der Waals surface area contributed by atoms with E-state index >= 15 is 0 Å². The van der Waals surface area contributed by atoms with Gasteiger partial charge in [0.2, 0.25) is 5.54 Å².